The molecule has 0 aliphatic carbocycles. The van der Waals surface area contributed by atoms with Crippen molar-refractivity contribution in [2.75, 3.05) is 19.6 Å². The van der Waals surface area contributed by atoms with Crippen LogP contribution < -0.4 is 5.32 Å². The Kier molecular flexibility index (Phi) is 6.36. The van der Waals surface area contributed by atoms with Crippen molar-refractivity contribution in [3.05, 3.63) is 21.3 Å². The van der Waals surface area contributed by atoms with Crippen molar-refractivity contribution >= 4 is 22.9 Å². The first-order valence-corrected chi connectivity index (χ1v) is 7.05. The summed E-state index contributed by atoms with van der Waals surface area (Å²) < 4.78 is 0.869. The topological polar surface area (TPSA) is 15.3 Å². The van der Waals surface area contributed by atoms with Crippen molar-refractivity contribution in [3.8, 4) is 0 Å². The average molecular weight is 261 g/mol. The van der Waals surface area contributed by atoms with Gasteiger partial charge in [0.05, 0.1) is 4.34 Å². The predicted octanol–water partition coefficient (Wildman–Crippen LogP) is 3.22. The first kappa shape index (κ1) is 14.0. The van der Waals surface area contributed by atoms with E-state index in [1.54, 1.807) is 11.3 Å². The van der Waals surface area contributed by atoms with Crippen LogP contribution in [0.15, 0.2) is 12.1 Å². The second kappa shape index (κ2) is 7.28. The molecule has 0 aliphatic heterocycles. The maximum Gasteiger partial charge on any atom is 0.0931 e. The Morgan fingerprint density at radius 2 is 2.06 bits per heavy atom. The molecule has 0 aromatic carbocycles. The maximum absolute atomic E-state index is 5.88. The minimum atomic E-state index is 0.588. The molecule has 0 amide bonds. The van der Waals surface area contributed by atoms with Crippen molar-refractivity contribution in [3.63, 3.8) is 0 Å². The standard InChI is InChI=1S/C12H21ClN2S/c1-4-15(5-2)10(3)8-14-9-11-6-7-12(13)16-11/h6-7,10,14H,4-5,8-9H2,1-3H3. The lowest BCUT2D eigenvalue weighted by atomic mass is 10.2. The highest BCUT2D eigenvalue weighted by molar-refractivity contribution is 7.16. The molecule has 92 valence electrons. The normalized spacial score (nSPS) is 13.3. The molecular weight excluding hydrogens is 240 g/mol. The highest BCUT2D eigenvalue weighted by atomic mass is 35.5. The van der Waals surface area contributed by atoms with Gasteiger partial charge in [-0.2, -0.15) is 0 Å². The molecule has 2 nitrogen and oxygen atoms in total. The Morgan fingerprint density at radius 3 is 2.56 bits per heavy atom. The van der Waals surface area contributed by atoms with Gasteiger partial charge >= 0.3 is 0 Å². The molecule has 1 atom stereocenters. The van der Waals surface area contributed by atoms with E-state index in [2.05, 4.69) is 37.1 Å². The van der Waals surface area contributed by atoms with Crippen molar-refractivity contribution in [2.24, 2.45) is 0 Å². The van der Waals surface area contributed by atoms with Crippen LogP contribution in [-0.4, -0.2) is 30.6 Å². The predicted molar refractivity (Wildman–Crippen MR) is 73.4 cm³/mol. The molecule has 1 heterocycles. The van der Waals surface area contributed by atoms with Crippen molar-refractivity contribution in [1.82, 2.24) is 10.2 Å². The highest BCUT2D eigenvalue weighted by Crippen LogP contribution is 2.20. The Bertz CT molecular complexity index is 297. The summed E-state index contributed by atoms with van der Waals surface area (Å²) in [6.45, 7) is 10.9. The van der Waals surface area contributed by atoms with E-state index in [4.69, 9.17) is 11.6 Å². The summed E-state index contributed by atoms with van der Waals surface area (Å²) in [5.41, 5.74) is 0. The molecule has 1 N–H and O–H groups in total. The van der Waals surface area contributed by atoms with E-state index in [1.807, 2.05) is 6.07 Å². The van der Waals surface area contributed by atoms with Gasteiger partial charge in [0.1, 0.15) is 0 Å². The lowest BCUT2D eigenvalue weighted by Crippen LogP contribution is -2.39. The lowest BCUT2D eigenvalue weighted by molar-refractivity contribution is 0.226. The molecule has 1 rings (SSSR count). The smallest absolute Gasteiger partial charge is 0.0931 e. The zero-order valence-corrected chi connectivity index (χ0v) is 11.9. The number of rotatable bonds is 7. The van der Waals surface area contributed by atoms with E-state index in [0.717, 1.165) is 30.5 Å². The number of hydrogen-bond donors (Lipinski definition) is 1. The van der Waals surface area contributed by atoms with Gasteiger partial charge in [-0.25, -0.2) is 0 Å². The second-order valence-corrected chi connectivity index (χ2v) is 5.71. The lowest BCUT2D eigenvalue weighted by Gasteiger charge is -2.26. The van der Waals surface area contributed by atoms with Gasteiger partial charge in [0.25, 0.3) is 0 Å². The molecule has 0 fully saturated rings. The minimum absolute atomic E-state index is 0.588. The van der Waals surface area contributed by atoms with E-state index in [-0.39, 0.29) is 0 Å². The summed E-state index contributed by atoms with van der Waals surface area (Å²) >= 11 is 7.53. The fraction of sp³-hybridized carbons (Fsp3) is 0.667. The number of thiophene rings is 1. The molecule has 0 radical (unpaired) electrons. The van der Waals surface area contributed by atoms with Crippen LogP contribution in [0.25, 0.3) is 0 Å². The van der Waals surface area contributed by atoms with Crippen LogP contribution in [0.2, 0.25) is 4.34 Å². The highest BCUT2D eigenvalue weighted by Gasteiger charge is 2.09. The first-order valence-electron chi connectivity index (χ1n) is 5.86. The van der Waals surface area contributed by atoms with Crippen LogP contribution in [0.1, 0.15) is 25.6 Å². The largest absolute Gasteiger partial charge is 0.310 e. The third-order valence-electron chi connectivity index (χ3n) is 2.80. The van der Waals surface area contributed by atoms with Gasteiger partial charge in [0.15, 0.2) is 0 Å². The summed E-state index contributed by atoms with van der Waals surface area (Å²) in [6.07, 6.45) is 0. The molecule has 1 aromatic rings. The van der Waals surface area contributed by atoms with Gasteiger partial charge < -0.3 is 5.32 Å². The van der Waals surface area contributed by atoms with Crippen LogP contribution in [0, 0.1) is 0 Å². The quantitative estimate of drug-likeness (QED) is 0.810. The SMILES string of the molecule is CCN(CC)C(C)CNCc1ccc(Cl)s1. The van der Waals surface area contributed by atoms with Gasteiger partial charge in [-0.15, -0.1) is 11.3 Å². The van der Waals surface area contributed by atoms with Gasteiger partial charge in [-0.3, -0.25) is 4.90 Å². The summed E-state index contributed by atoms with van der Waals surface area (Å²) in [5, 5.41) is 3.47. The van der Waals surface area contributed by atoms with Crippen molar-refractivity contribution in [2.45, 2.75) is 33.4 Å². The number of halogens is 1. The summed E-state index contributed by atoms with van der Waals surface area (Å²) in [5.74, 6) is 0. The molecule has 0 bridgehead atoms. The molecule has 4 heteroatoms. The Morgan fingerprint density at radius 1 is 1.38 bits per heavy atom. The number of hydrogen-bond acceptors (Lipinski definition) is 3. The van der Waals surface area contributed by atoms with Crippen LogP contribution in [0.4, 0.5) is 0 Å². The molecule has 0 saturated heterocycles. The molecule has 1 unspecified atom stereocenters. The average Bonchev–Trinajstić information content (AvgIpc) is 2.66. The maximum atomic E-state index is 5.88. The monoisotopic (exact) mass is 260 g/mol. The van der Waals surface area contributed by atoms with Crippen LogP contribution in [0.3, 0.4) is 0 Å². The summed E-state index contributed by atoms with van der Waals surface area (Å²) in [7, 11) is 0. The minimum Gasteiger partial charge on any atom is -0.310 e. The second-order valence-electron chi connectivity index (χ2n) is 3.91. The van der Waals surface area contributed by atoms with E-state index in [9.17, 15) is 0 Å². The molecule has 0 saturated carbocycles. The molecule has 1 aromatic heterocycles. The molecule has 0 aliphatic rings. The molecule has 16 heavy (non-hydrogen) atoms. The van der Waals surface area contributed by atoms with E-state index >= 15 is 0 Å². The number of nitrogens with one attached hydrogen (secondary N) is 1. The van der Waals surface area contributed by atoms with Crippen LogP contribution in [0.5, 0.6) is 0 Å². The first-order chi connectivity index (χ1) is 7.67. The van der Waals surface area contributed by atoms with Crippen molar-refractivity contribution < 1.29 is 0 Å². The third kappa shape index (κ3) is 4.42. The van der Waals surface area contributed by atoms with Crippen LogP contribution >= 0.6 is 22.9 Å². The van der Waals surface area contributed by atoms with E-state index in [0.29, 0.717) is 6.04 Å². The Labute approximate surface area is 108 Å². The third-order valence-corrected chi connectivity index (χ3v) is 4.03. The van der Waals surface area contributed by atoms with E-state index in [1.165, 1.54) is 4.88 Å². The van der Waals surface area contributed by atoms with E-state index < -0.39 is 0 Å². The van der Waals surface area contributed by atoms with Gasteiger partial charge in [0.2, 0.25) is 0 Å². The van der Waals surface area contributed by atoms with Gasteiger partial charge in [0, 0.05) is 24.0 Å². The number of nitrogens with zero attached hydrogens (tertiary/aromatic N) is 1. The fourth-order valence-electron chi connectivity index (χ4n) is 1.83. The van der Waals surface area contributed by atoms with Gasteiger partial charge in [-0.05, 0) is 32.1 Å². The van der Waals surface area contributed by atoms with Gasteiger partial charge in [-0.1, -0.05) is 25.4 Å². The van der Waals surface area contributed by atoms with Crippen LogP contribution in [-0.2, 0) is 6.54 Å². The zero-order valence-electron chi connectivity index (χ0n) is 10.3. The number of likely N-dealkylation sites (N-methyl/N-ethyl adjacent to an activating group) is 1. The zero-order chi connectivity index (χ0) is 12.0. The summed E-state index contributed by atoms with van der Waals surface area (Å²) in [6, 6.07) is 4.63. The fourth-order valence-corrected chi connectivity index (χ4v) is 2.88. The molecule has 0 spiro atoms. The Hall–Kier alpha value is -0.0900. The summed E-state index contributed by atoms with van der Waals surface area (Å²) in [4.78, 5) is 3.76. The molecular formula is C12H21ClN2S. The Balaban J connectivity index is 2.24. The van der Waals surface area contributed by atoms with Crippen molar-refractivity contribution in [1.29, 1.82) is 0 Å².